The molecule has 17 heavy (non-hydrogen) atoms. The topological polar surface area (TPSA) is 54.4 Å². The Balaban J connectivity index is 2.42. The first-order valence-electron chi connectivity index (χ1n) is 5.76. The van der Waals surface area contributed by atoms with Crippen molar-refractivity contribution in [2.75, 3.05) is 0 Å². The number of ketones is 1. The molecular formula is C14H18O3. The van der Waals surface area contributed by atoms with Gasteiger partial charge in [0.15, 0.2) is 5.78 Å². The number of rotatable bonds is 6. The molecule has 0 fully saturated rings. The number of hydrogen-bond acceptors (Lipinski definition) is 2. The molecular weight excluding hydrogens is 216 g/mol. The Hall–Kier alpha value is -1.64. The van der Waals surface area contributed by atoms with Gasteiger partial charge in [-0.2, -0.15) is 0 Å². The van der Waals surface area contributed by atoms with Crippen LogP contribution in [0, 0.1) is 11.8 Å². The van der Waals surface area contributed by atoms with Crippen molar-refractivity contribution in [3.63, 3.8) is 0 Å². The Morgan fingerprint density at radius 3 is 2.82 bits per heavy atom. The summed E-state index contributed by atoms with van der Waals surface area (Å²) < 4.78 is 0. The van der Waals surface area contributed by atoms with Crippen molar-refractivity contribution < 1.29 is 14.7 Å². The Kier molecular flexibility index (Phi) is 4.88. The lowest BCUT2D eigenvalue weighted by Gasteiger charge is -2.16. The van der Waals surface area contributed by atoms with E-state index < -0.39 is 5.97 Å². The number of carbonyl (C=O) groups excluding carboxylic acids is 1. The van der Waals surface area contributed by atoms with Gasteiger partial charge in [0.05, 0.1) is 0 Å². The number of allylic oxidation sites excluding steroid dienone is 5. The summed E-state index contributed by atoms with van der Waals surface area (Å²) in [7, 11) is 0. The van der Waals surface area contributed by atoms with Crippen molar-refractivity contribution in [2.45, 2.75) is 26.2 Å². The third kappa shape index (κ3) is 4.02. The van der Waals surface area contributed by atoms with Crippen LogP contribution in [-0.2, 0) is 9.59 Å². The lowest BCUT2D eigenvalue weighted by molar-refractivity contribution is -0.136. The standard InChI is InChI=1S/C14H18O3/c1-10(2)11-8-9-13(15)12(11)6-4-3-5-7-14(16)17/h3-4,8-9,11-12H,1,5-7H2,2H3,(H,16,17). The quantitative estimate of drug-likeness (QED) is 0.719. The average molecular weight is 234 g/mol. The minimum Gasteiger partial charge on any atom is -0.481 e. The molecule has 0 aromatic rings. The van der Waals surface area contributed by atoms with Gasteiger partial charge in [-0.3, -0.25) is 9.59 Å². The number of carboxylic acids is 1. The van der Waals surface area contributed by atoms with Gasteiger partial charge in [-0.05, 0) is 25.8 Å². The zero-order chi connectivity index (χ0) is 12.8. The number of carboxylic acid groups (broad SMARTS) is 1. The van der Waals surface area contributed by atoms with Crippen molar-refractivity contribution >= 4 is 11.8 Å². The summed E-state index contributed by atoms with van der Waals surface area (Å²) in [6.07, 6.45) is 8.56. The molecule has 0 bridgehead atoms. The largest absolute Gasteiger partial charge is 0.481 e. The van der Waals surface area contributed by atoms with Gasteiger partial charge in [-0.25, -0.2) is 0 Å². The molecule has 0 saturated carbocycles. The fourth-order valence-corrected chi connectivity index (χ4v) is 1.97. The van der Waals surface area contributed by atoms with Gasteiger partial charge in [-0.15, -0.1) is 0 Å². The van der Waals surface area contributed by atoms with Crippen molar-refractivity contribution in [3.8, 4) is 0 Å². The van der Waals surface area contributed by atoms with Crippen LogP contribution in [0.3, 0.4) is 0 Å². The van der Waals surface area contributed by atoms with Crippen LogP contribution >= 0.6 is 0 Å². The molecule has 0 amide bonds. The van der Waals surface area contributed by atoms with Gasteiger partial charge in [0.1, 0.15) is 0 Å². The molecule has 0 aliphatic heterocycles. The molecule has 1 N–H and O–H groups in total. The summed E-state index contributed by atoms with van der Waals surface area (Å²) in [5.74, 6) is -0.575. The Morgan fingerprint density at radius 1 is 1.53 bits per heavy atom. The summed E-state index contributed by atoms with van der Waals surface area (Å²) in [6, 6.07) is 0. The summed E-state index contributed by atoms with van der Waals surface area (Å²) in [5.41, 5.74) is 0.996. The second-order valence-electron chi connectivity index (χ2n) is 4.38. The number of hydrogen-bond donors (Lipinski definition) is 1. The van der Waals surface area contributed by atoms with Gasteiger partial charge < -0.3 is 5.11 Å². The summed E-state index contributed by atoms with van der Waals surface area (Å²) in [6.45, 7) is 5.81. The minimum absolute atomic E-state index is 0.0476. The smallest absolute Gasteiger partial charge is 0.303 e. The van der Waals surface area contributed by atoms with Gasteiger partial charge >= 0.3 is 5.97 Å². The summed E-state index contributed by atoms with van der Waals surface area (Å²) in [4.78, 5) is 21.9. The predicted molar refractivity (Wildman–Crippen MR) is 66.6 cm³/mol. The van der Waals surface area contributed by atoms with Crippen LogP contribution in [0.4, 0.5) is 0 Å². The van der Waals surface area contributed by atoms with Crippen LogP contribution in [0.25, 0.3) is 0 Å². The highest BCUT2D eigenvalue weighted by atomic mass is 16.4. The maximum absolute atomic E-state index is 11.6. The van der Waals surface area contributed by atoms with E-state index in [0.29, 0.717) is 12.8 Å². The van der Waals surface area contributed by atoms with Crippen molar-refractivity contribution in [3.05, 3.63) is 36.5 Å². The van der Waals surface area contributed by atoms with Crippen LogP contribution in [0.2, 0.25) is 0 Å². The van der Waals surface area contributed by atoms with Gasteiger partial charge in [0.25, 0.3) is 0 Å². The van der Waals surface area contributed by atoms with E-state index in [1.807, 2.05) is 25.2 Å². The fraction of sp³-hybridized carbons (Fsp3) is 0.429. The van der Waals surface area contributed by atoms with E-state index in [2.05, 4.69) is 6.58 Å². The summed E-state index contributed by atoms with van der Waals surface area (Å²) >= 11 is 0. The lowest BCUT2D eigenvalue weighted by atomic mass is 9.87. The summed E-state index contributed by atoms with van der Waals surface area (Å²) in [5, 5.41) is 8.47. The molecule has 1 aliphatic rings. The van der Waals surface area contributed by atoms with Crippen LogP contribution in [0.1, 0.15) is 26.2 Å². The van der Waals surface area contributed by atoms with E-state index >= 15 is 0 Å². The first-order chi connectivity index (χ1) is 8.02. The first kappa shape index (κ1) is 13.4. The van der Waals surface area contributed by atoms with E-state index in [1.54, 1.807) is 6.08 Å². The zero-order valence-corrected chi connectivity index (χ0v) is 10.1. The molecule has 3 nitrogen and oxygen atoms in total. The fourth-order valence-electron chi connectivity index (χ4n) is 1.97. The lowest BCUT2D eigenvalue weighted by Crippen LogP contribution is -2.15. The van der Waals surface area contributed by atoms with Crippen molar-refractivity contribution in [2.24, 2.45) is 11.8 Å². The maximum atomic E-state index is 11.6. The predicted octanol–water partition coefficient (Wildman–Crippen LogP) is 2.74. The van der Waals surface area contributed by atoms with Crippen LogP contribution in [0.5, 0.6) is 0 Å². The zero-order valence-electron chi connectivity index (χ0n) is 10.1. The third-order valence-electron chi connectivity index (χ3n) is 2.92. The first-order valence-corrected chi connectivity index (χ1v) is 5.76. The maximum Gasteiger partial charge on any atom is 0.303 e. The molecule has 0 saturated heterocycles. The number of carbonyl (C=O) groups is 2. The van der Waals surface area contributed by atoms with Crippen LogP contribution in [0.15, 0.2) is 36.5 Å². The van der Waals surface area contributed by atoms with E-state index in [0.717, 1.165) is 5.57 Å². The molecule has 1 aliphatic carbocycles. The Morgan fingerprint density at radius 2 is 2.24 bits per heavy atom. The van der Waals surface area contributed by atoms with E-state index in [-0.39, 0.29) is 24.0 Å². The minimum atomic E-state index is -0.798. The molecule has 3 heteroatoms. The van der Waals surface area contributed by atoms with Gasteiger partial charge in [0.2, 0.25) is 0 Å². The van der Waals surface area contributed by atoms with Crippen LogP contribution < -0.4 is 0 Å². The third-order valence-corrected chi connectivity index (χ3v) is 2.92. The second kappa shape index (κ2) is 6.18. The van der Waals surface area contributed by atoms with Crippen molar-refractivity contribution in [1.29, 1.82) is 0 Å². The molecule has 0 radical (unpaired) electrons. The van der Waals surface area contributed by atoms with Crippen molar-refractivity contribution in [1.82, 2.24) is 0 Å². The van der Waals surface area contributed by atoms with E-state index in [1.165, 1.54) is 0 Å². The molecule has 0 heterocycles. The van der Waals surface area contributed by atoms with Gasteiger partial charge in [0, 0.05) is 18.3 Å². The molecule has 0 aromatic heterocycles. The Bertz CT molecular complexity index is 377. The molecule has 0 spiro atoms. The molecule has 1 rings (SSSR count). The monoisotopic (exact) mass is 234 g/mol. The highest BCUT2D eigenvalue weighted by Gasteiger charge is 2.29. The SMILES string of the molecule is C=C(C)C1C=CC(=O)C1CC=CCCC(=O)O. The molecule has 0 aromatic carbocycles. The second-order valence-corrected chi connectivity index (χ2v) is 4.38. The molecule has 2 atom stereocenters. The van der Waals surface area contributed by atoms with Crippen LogP contribution in [-0.4, -0.2) is 16.9 Å². The van der Waals surface area contributed by atoms with Gasteiger partial charge in [-0.1, -0.05) is 30.4 Å². The van der Waals surface area contributed by atoms with E-state index in [4.69, 9.17) is 5.11 Å². The highest BCUT2D eigenvalue weighted by Crippen LogP contribution is 2.30. The molecule has 92 valence electrons. The Labute approximate surface area is 102 Å². The normalized spacial score (nSPS) is 23.5. The molecule has 2 unspecified atom stereocenters. The highest BCUT2D eigenvalue weighted by molar-refractivity contribution is 5.95. The van der Waals surface area contributed by atoms with E-state index in [9.17, 15) is 9.59 Å². The number of aliphatic carboxylic acids is 1. The average Bonchev–Trinajstić information content (AvgIpc) is 2.59.